The van der Waals surface area contributed by atoms with E-state index in [2.05, 4.69) is 10.3 Å². The van der Waals surface area contributed by atoms with E-state index >= 15 is 0 Å². The lowest BCUT2D eigenvalue weighted by Crippen LogP contribution is -2.29. The molecule has 0 radical (unpaired) electrons. The second-order valence-electron chi connectivity index (χ2n) is 6.94. The Morgan fingerprint density at radius 1 is 0.900 bits per heavy atom. The summed E-state index contributed by atoms with van der Waals surface area (Å²) in [6, 6.07) is 14.1. The molecule has 1 aliphatic heterocycles. The summed E-state index contributed by atoms with van der Waals surface area (Å²) < 4.78 is 12.9. The lowest BCUT2D eigenvalue weighted by Gasteiger charge is -2.13. The summed E-state index contributed by atoms with van der Waals surface area (Å²) in [4.78, 5) is 42.9. The summed E-state index contributed by atoms with van der Waals surface area (Å²) in [5.74, 6) is -1.45. The molecule has 6 nitrogen and oxygen atoms in total. The van der Waals surface area contributed by atoms with Crippen molar-refractivity contribution in [3.05, 3.63) is 101 Å². The minimum atomic E-state index is -0.423. The van der Waals surface area contributed by atoms with Gasteiger partial charge >= 0.3 is 0 Å². The van der Waals surface area contributed by atoms with Crippen molar-refractivity contribution in [2.24, 2.45) is 0 Å². The third-order valence-corrected chi connectivity index (χ3v) is 4.94. The van der Waals surface area contributed by atoms with E-state index in [1.54, 1.807) is 36.7 Å². The molecule has 0 saturated carbocycles. The minimum absolute atomic E-state index is 0.147. The summed E-state index contributed by atoms with van der Waals surface area (Å²) in [5.41, 5.74) is 2.51. The second kappa shape index (κ2) is 8.24. The molecule has 7 heteroatoms. The van der Waals surface area contributed by atoms with Crippen LogP contribution in [-0.2, 0) is 13.0 Å². The number of fused-ring (bicyclic) bond motifs is 1. The van der Waals surface area contributed by atoms with Crippen molar-refractivity contribution < 1.29 is 18.8 Å². The van der Waals surface area contributed by atoms with Crippen LogP contribution in [0.3, 0.4) is 0 Å². The quantitative estimate of drug-likeness (QED) is 0.642. The van der Waals surface area contributed by atoms with Gasteiger partial charge in [0.2, 0.25) is 0 Å². The highest BCUT2D eigenvalue weighted by atomic mass is 19.1. The van der Waals surface area contributed by atoms with Gasteiger partial charge < -0.3 is 5.32 Å². The van der Waals surface area contributed by atoms with E-state index in [0.29, 0.717) is 18.5 Å². The van der Waals surface area contributed by atoms with Crippen LogP contribution >= 0.6 is 0 Å². The van der Waals surface area contributed by atoms with Gasteiger partial charge in [0.15, 0.2) is 0 Å². The fourth-order valence-corrected chi connectivity index (χ4v) is 3.32. The largest absolute Gasteiger partial charge is 0.352 e. The Kier molecular flexibility index (Phi) is 5.34. The number of imide groups is 1. The first-order valence-electron chi connectivity index (χ1n) is 9.45. The maximum atomic E-state index is 12.9. The van der Waals surface area contributed by atoms with E-state index in [-0.39, 0.29) is 35.3 Å². The molecule has 0 spiro atoms. The number of halogens is 1. The van der Waals surface area contributed by atoms with Crippen LogP contribution < -0.4 is 5.32 Å². The number of pyridine rings is 1. The zero-order chi connectivity index (χ0) is 21.1. The van der Waals surface area contributed by atoms with Crippen molar-refractivity contribution in [1.82, 2.24) is 15.2 Å². The molecule has 1 aromatic heterocycles. The predicted octanol–water partition coefficient (Wildman–Crippen LogP) is 2.99. The molecule has 2 heterocycles. The van der Waals surface area contributed by atoms with E-state index in [1.165, 1.54) is 30.3 Å². The van der Waals surface area contributed by atoms with E-state index in [4.69, 9.17) is 0 Å². The highest BCUT2D eigenvalue weighted by Gasteiger charge is 2.35. The molecule has 150 valence electrons. The lowest BCUT2D eigenvalue weighted by molar-refractivity contribution is 0.0642. The number of hydrogen-bond acceptors (Lipinski definition) is 4. The standard InChI is InChI=1S/C23H18FN3O3/c24-18-4-1-15(2-5-18)9-12-26-21(28)17-3-6-19-20(13-17)23(30)27(22(19)29)14-16-7-10-25-11-8-16/h1-8,10-11,13H,9,12,14H2,(H,26,28). The van der Waals surface area contributed by atoms with E-state index < -0.39 is 5.91 Å². The normalized spacial score (nSPS) is 12.8. The molecule has 0 aliphatic carbocycles. The molecule has 3 amide bonds. The number of nitrogens with zero attached hydrogens (tertiary/aromatic N) is 2. The SMILES string of the molecule is O=C(NCCc1ccc(F)cc1)c1ccc2c(c1)C(=O)N(Cc1ccncc1)C2=O. The molecule has 0 bridgehead atoms. The van der Waals surface area contributed by atoms with Crippen LogP contribution in [0.2, 0.25) is 0 Å². The van der Waals surface area contributed by atoms with Crippen molar-refractivity contribution in [2.75, 3.05) is 6.54 Å². The monoisotopic (exact) mass is 403 g/mol. The smallest absolute Gasteiger partial charge is 0.261 e. The van der Waals surface area contributed by atoms with Crippen molar-refractivity contribution in [2.45, 2.75) is 13.0 Å². The fraction of sp³-hybridized carbons (Fsp3) is 0.130. The Balaban J connectivity index is 1.43. The van der Waals surface area contributed by atoms with E-state index in [9.17, 15) is 18.8 Å². The first-order chi connectivity index (χ1) is 14.5. The first-order valence-corrected chi connectivity index (χ1v) is 9.45. The van der Waals surface area contributed by atoms with Gasteiger partial charge in [-0.2, -0.15) is 0 Å². The zero-order valence-electron chi connectivity index (χ0n) is 16.0. The van der Waals surface area contributed by atoms with Crippen molar-refractivity contribution in [1.29, 1.82) is 0 Å². The number of hydrogen-bond donors (Lipinski definition) is 1. The third-order valence-electron chi connectivity index (χ3n) is 4.94. The number of aromatic nitrogens is 1. The fourth-order valence-electron chi connectivity index (χ4n) is 3.32. The number of carbonyl (C=O) groups excluding carboxylic acids is 3. The maximum absolute atomic E-state index is 12.9. The van der Waals surface area contributed by atoms with Crippen LogP contribution in [0.4, 0.5) is 4.39 Å². The van der Waals surface area contributed by atoms with Crippen LogP contribution in [0.25, 0.3) is 0 Å². The highest BCUT2D eigenvalue weighted by Crippen LogP contribution is 2.25. The average molecular weight is 403 g/mol. The Bertz CT molecular complexity index is 1110. The summed E-state index contributed by atoms with van der Waals surface area (Å²) >= 11 is 0. The predicted molar refractivity (Wildman–Crippen MR) is 107 cm³/mol. The Morgan fingerprint density at radius 3 is 2.33 bits per heavy atom. The summed E-state index contributed by atoms with van der Waals surface area (Å²) in [6.07, 6.45) is 3.75. The molecule has 0 saturated heterocycles. The molecule has 1 N–H and O–H groups in total. The summed E-state index contributed by atoms with van der Waals surface area (Å²) in [5, 5.41) is 2.78. The van der Waals surface area contributed by atoms with Crippen LogP contribution in [0, 0.1) is 5.82 Å². The van der Waals surface area contributed by atoms with Gasteiger partial charge in [0.25, 0.3) is 17.7 Å². The third kappa shape index (κ3) is 3.96. The van der Waals surface area contributed by atoms with Crippen molar-refractivity contribution in [3.63, 3.8) is 0 Å². The van der Waals surface area contributed by atoms with Crippen molar-refractivity contribution in [3.8, 4) is 0 Å². The highest BCUT2D eigenvalue weighted by molar-refractivity contribution is 6.22. The van der Waals surface area contributed by atoms with Crippen LogP contribution in [0.1, 0.15) is 42.2 Å². The Hall–Kier alpha value is -3.87. The topological polar surface area (TPSA) is 79.4 Å². The number of nitrogens with one attached hydrogen (secondary N) is 1. The van der Waals surface area contributed by atoms with Gasteiger partial charge in [-0.25, -0.2) is 4.39 Å². The van der Waals surface area contributed by atoms with Gasteiger partial charge in [-0.05, 0) is 60.0 Å². The zero-order valence-corrected chi connectivity index (χ0v) is 16.0. The van der Waals surface area contributed by atoms with Gasteiger partial charge in [-0.3, -0.25) is 24.3 Å². The molecule has 0 unspecified atom stereocenters. The molecule has 3 aromatic rings. The molecule has 2 aromatic carbocycles. The molecule has 0 fully saturated rings. The lowest BCUT2D eigenvalue weighted by atomic mass is 10.1. The van der Waals surface area contributed by atoms with Gasteiger partial charge in [-0.1, -0.05) is 12.1 Å². The van der Waals surface area contributed by atoms with Crippen molar-refractivity contribution >= 4 is 17.7 Å². The Morgan fingerprint density at radius 2 is 1.60 bits per heavy atom. The molecule has 30 heavy (non-hydrogen) atoms. The Labute approximate surface area is 172 Å². The summed E-state index contributed by atoms with van der Waals surface area (Å²) in [6.45, 7) is 0.511. The van der Waals surface area contributed by atoms with Gasteiger partial charge in [0.05, 0.1) is 17.7 Å². The van der Waals surface area contributed by atoms with Crippen LogP contribution in [0.15, 0.2) is 67.0 Å². The molecular weight excluding hydrogens is 385 g/mol. The number of benzene rings is 2. The van der Waals surface area contributed by atoms with E-state index in [1.807, 2.05) is 0 Å². The molecule has 4 rings (SSSR count). The van der Waals surface area contributed by atoms with E-state index in [0.717, 1.165) is 16.0 Å². The molecule has 1 aliphatic rings. The minimum Gasteiger partial charge on any atom is -0.352 e. The number of carbonyl (C=O) groups is 3. The number of rotatable bonds is 6. The van der Waals surface area contributed by atoms with Crippen LogP contribution in [0.5, 0.6) is 0 Å². The van der Waals surface area contributed by atoms with Gasteiger partial charge in [0.1, 0.15) is 5.82 Å². The van der Waals surface area contributed by atoms with Crippen LogP contribution in [-0.4, -0.2) is 34.2 Å². The first kappa shape index (κ1) is 19.4. The van der Waals surface area contributed by atoms with Gasteiger partial charge in [-0.15, -0.1) is 0 Å². The summed E-state index contributed by atoms with van der Waals surface area (Å²) in [7, 11) is 0. The second-order valence-corrected chi connectivity index (χ2v) is 6.94. The average Bonchev–Trinajstić information content (AvgIpc) is 3.00. The molecular formula is C23H18FN3O3. The molecule has 0 atom stereocenters. The maximum Gasteiger partial charge on any atom is 0.261 e. The number of amides is 3. The van der Waals surface area contributed by atoms with Gasteiger partial charge in [0, 0.05) is 24.5 Å².